The van der Waals surface area contributed by atoms with Crippen molar-refractivity contribution in [3.63, 3.8) is 0 Å². The normalized spacial score (nSPS) is 14.7. The van der Waals surface area contributed by atoms with E-state index in [0.29, 0.717) is 42.0 Å². The molecule has 1 heterocycles. The van der Waals surface area contributed by atoms with Crippen molar-refractivity contribution in [3.05, 3.63) is 63.9 Å². The van der Waals surface area contributed by atoms with Crippen molar-refractivity contribution in [2.24, 2.45) is 0 Å². The molecule has 1 saturated heterocycles. The molecule has 1 aliphatic rings. The summed E-state index contributed by atoms with van der Waals surface area (Å²) in [5, 5.41) is 3.71. The molecule has 1 fully saturated rings. The van der Waals surface area contributed by atoms with Gasteiger partial charge in [0.05, 0.1) is 23.9 Å². The number of benzene rings is 2. The number of urea groups is 1. The van der Waals surface area contributed by atoms with Crippen molar-refractivity contribution in [1.29, 1.82) is 0 Å². The van der Waals surface area contributed by atoms with Crippen LogP contribution in [0.15, 0.2) is 42.5 Å². The average Bonchev–Trinajstić information content (AvgIpc) is 2.69. The fourth-order valence-corrected chi connectivity index (χ4v) is 3.39. The van der Waals surface area contributed by atoms with E-state index in [0.717, 1.165) is 25.2 Å². The van der Waals surface area contributed by atoms with E-state index in [9.17, 15) is 9.18 Å². The zero-order valence-corrected chi connectivity index (χ0v) is 16.8. The van der Waals surface area contributed by atoms with Gasteiger partial charge >= 0.3 is 6.03 Å². The molecule has 0 aliphatic carbocycles. The first-order valence-corrected chi connectivity index (χ1v) is 9.82. The van der Waals surface area contributed by atoms with Gasteiger partial charge in [0.1, 0.15) is 5.82 Å². The summed E-state index contributed by atoms with van der Waals surface area (Å²) in [4.78, 5) is 16.8. The topological polar surface area (TPSA) is 44.8 Å². The first-order chi connectivity index (χ1) is 13.5. The summed E-state index contributed by atoms with van der Waals surface area (Å²) in [6, 6.07) is 10.8. The molecular formula is C20H22Cl2FN3O2. The number of nitrogens with one attached hydrogen (secondary N) is 1. The molecule has 2 aromatic rings. The molecule has 2 amide bonds. The fraction of sp³-hybridized carbons (Fsp3) is 0.350. The highest BCUT2D eigenvalue weighted by atomic mass is 35.5. The predicted molar refractivity (Wildman–Crippen MR) is 110 cm³/mol. The second kappa shape index (κ2) is 10.1. The minimum atomic E-state index is -0.305. The Hall–Kier alpha value is -1.86. The van der Waals surface area contributed by atoms with Crippen molar-refractivity contribution in [1.82, 2.24) is 9.80 Å². The van der Waals surface area contributed by atoms with Gasteiger partial charge in [0.2, 0.25) is 0 Å². The number of halogens is 3. The van der Waals surface area contributed by atoms with E-state index in [2.05, 4.69) is 10.2 Å². The first kappa shape index (κ1) is 20.9. The Morgan fingerprint density at radius 3 is 2.54 bits per heavy atom. The van der Waals surface area contributed by atoms with Crippen molar-refractivity contribution in [2.75, 3.05) is 44.7 Å². The van der Waals surface area contributed by atoms with E-state index in [1.165, 1.54) is 12.1 Å². The Bertz CT molecular complexity index is 799. The SMILES string of the molecule is O=C(Nc1ccc(Cl)cc1Cl)N(CCN1CCOCC1)Cc1ccc(F)cc1. The number of carbonyl (C=O) groups is 1. The van der Waals surface area contributed by atoms with Gasteiger partial charge in [-0.05, 0) is 35.9 Å². The molecule has 0 saturated carbocycles. The quantitative estimate of drug-likeness (QED) is 0.740. The van der Waals surface area contributed by atoms with Gasteiger partial charge in [0.15, 0.2) is 0 Å². The van der Waals surface area contributed by atoms with Gasteiger partial charge in [0.25, 0.3) is 0 Å². The molecule has 28 heavy (non-hydrogen) atoms. The molecule has 1 aliphatic heterocycles. The number of nitrogens with zero attached hydrogens (tertiary/aromatic N) is 2. The minimum absolute atomic E-state index is 0.276. The number of morpholine rings is 1. The number of amides is 2. The first-order valence-electron chi connectivity index (χ1n) is 9.07. The van der Waals surface area contributed by atoms with Crippen LogP contribution in [0.2, 0.25) is 10.0 Å². The molecule has 3 rings (SSSR count). The van der Waals surface area contributed by atoms with Crippen molar-refractivity contribution in [3.8, 4) is 0 Å². The van der Waals surface area contributed by atoms with Gasteiger partial charge in [-0.15, -0.1) is 0 Å². The lowest BCUT2D eigenvalue weighted by Crippen LogP contribution is -2.44. The molecule has 0 radical (unpaired) electrons. The molecule has 0 aromatic heterocycles. The highest BCUT2D eigenvalue weighted by Crippen LogP contribution is 2.25. The monoisotopic (exact) mass is 425 g/mol. The molecule has 8 heteroatoms. The second-order valence-electron chi connectivity index (χ2n) is 6.56. The summed E-state index contributed by atoms with van der Waals surface area (Å²) in [5.41, 5.74) is 1.34. The number of anilines is 1. The summed E-state index contributed by atoms with van der Waals surface area (Å²) < 4.78 is 18.6. The molecule has 2 aromatic carbocycles. The third kappa shape index (κ3) is 6.07. The number of hydrogen-bond donors (Lipinski definition) is 1. The highest BCUT2D eigenvalue weighted by molar-refractivity contribution is 6.36. The lowest BCUT2D eigenvalue weighted by atomic mass is 10.2. The molecule has 150 valence electrons. The van der Waals surface area contributed by atoms with E-state index < -0.39 is 0 Å². The van der Waals surface area contributed by atoms with Crippen LogP contribution < -0.4 is 5.32 Å². The van der Waals surface area contributed by atoms with Crippen LogP contribution >= 0.6 is 23.2 Å². The van der Waals surface area contributed by atoms with Gasteiger partial charge in [-0.2, -0.15) is 0 Å². The van der Waals surface area contributed by atoms with Crippen LogP contribution in [0.3, 0.4) is 0 Å². The van der Waals surface area contributed by atoms with Gasteiger partial charge < -0.3 is 15.0 Å². The maximum Gasteiger partial charge on any atom is 0.322 e. The molecule has 0 atom stereocenters. The van der Waals surface area contributed by atoms with Gasteiger partial charge in [-0.1, -0.05) is 35.3 Å². The third-order valence-electron chi connectivity index (χ3n) is 4.54. The van der Waals surface area contributed by atoms with E-state index in [1.54, 1.807) is 35.2 Å². The van der Waals surface area contributed by atoms with Gasteiger partial charge in [0, 0.05) is 37.7 Å². The Morgan fingerprint density at radius 2 is 1.86 bits per heavy atom. The van der Waals surface area contributed by atoms with Crippen molar-refractivity contribution in [2.45, 2.75) is 6.54 Å². The van der Waals surface area contributed by atoms with Crippen LogP contribution in [0.1, 0.15) is 5.56 Å². The van der Waals surface area contributed by atoms with Crippen molar-refractivity contribution >= 4 is 34.9 Å². The van der Waals surface area contributed by atoms with Crippen molar-refractivity contribution < 1.29 is 13.9 Å². The third-order valence-corrected chi connectivity index (χ3v) is 5.08. The predicted octanol–water partition coefficient (Wildman–Crippen LogP) is 4.50. The summed E-state index contributed by atoms with van der Waals surface area (Å²) in [7, 11) is 0. The van der Waals surface area contributed by atoms with Gasteiger partial charge in [-0.25, -0.2) is 9.18 Å². The van der Waals surface area contributed by atoms with E-state index >= 15 is 0 Å². The summed E-state index contributed by atoms with van der Waals surface area (Å²) >= 11 is 12.1. The number of carbonyl (C=O) groups excluding carboxylic acids is 1. The Labute approximate surface area is 174 Å². The van der Waals surface area contributed by atoms with Crippen LogP contribution in [0.25, 0.3) is 0 Å². The number of rotatable bonds is 6. The van der Waals surface area contributed by atoms with Crippen LogP contribution in [0.4, 0.5) is 14.9 Å². The molecule has 0 bridgehead atoms. The highest BCUT2D eigenvalue weighted by Gasteiger charge is 2.18. The van der Waals surface area contributed by atoms with E-state index in [4.69, 9.17) is 27.9 Å². The minimum Gasteiger partial charge on any atom is -0.379 e. The maximum atomic E-state index is 13.2. The van der Waals surface area contributed by atoms with Crippen LogP contribution in [-0.2, 0) is 11.3 Å². The molecule has 0 unspecified atom stereocenters. The lowest BCUT2D eigenvalue weighted by molar-refractivity contribution is 0.0349. The smallest absolute Gasteiger partial charge is 0.322 e. The standard InChI is InChI=1S/C20H22Cl2FN3O2/c21-16-3-6-19(18(22)13-16)24-20(27)26(8-7-25-9-11-28-12-10-25)14-15-1-4-17(23)5-2-15/h1-6,13H,7-12,14H2,(H,24,27). The van der Waals surface area contributed by atoms with E-state index in [-0.39, 0.29) is 11.8 Å². The summed E-state index contributed by atoms with van der Waals surface area (Å²) in [6.07, 6.45) is 0. The Balaban J connectivity index is 1.69. The lowest BCUT2D eigenvalue weighted by Gasteiger charge is -2.30. The largest absolute Gasteiger partial charge is 0.379 e. The number of hydrogen-bond acceptors (Lipinski definition) is 3. The molecule has 1 N–H and O–H groups in total. The molecular weight excluding hydrogens is 404 g/mol. The van der Waals surface area contributed by atoms with E-state index in [1.807, 2.05) is 0 Å². The average molecular weight is 426 g/mol. The Kier molecular flexibility index (Phi) is 7.50. The Morgan fingerprint density at radius 1 is 1.14 bits per heavy atom. The van der Waals surface area contributed by atoms with Gasteiger partial charge in [-0.3, -0.25) is 4.90 Å². The van der Waals surface area contributed by atoms with Crippen LogP contribution in [0, 0.1) is 5.82 Å². The zero-order chi connectivity index (χ0) is 19.9. The molecule has 0 spiro atoms. The second-order valence-corrected chi connectivity index (χ2v) is 7.40. The summed E-state index contributed by atoms with van der Waals surface area (Å²) in [6.45, 7) is 4.70. The number of ether oxygens (including phenoxy) is 1. The molecule has 5 nitrogen and oxygen atoms in total. The van der Waals surface area contributed by atoms with Crippen LogP contribution in [0.5, 0.6) is 0 Å². The maximum absolute atomic E-state index is 13.2. The fourth-order valence-electron chi connectivity index (χ4n) is 2.93. The van der Waals surface area contributed by atoms with Crippen LogP contribution in [-0.4, -0.2) is 55.2 Å². The summed E-state index contributed by atoms with van der Waals surface area (Å²) in [5.74, 6) is -0.305. The zero-order valence-electron chi connectivity index (χ0n) is 15.3.